The predicted octanol–water partition coefficient (Wildman–Crippen LogP) is 2.81. The number of carbonyl (C=O) groups excluding carboxylic acids is 2. The molecule has 0 bridgehead atoms. The van der Waals surface area contributed by atoms with E-state index in [0.29, 0.717) is 17.1 Å². The van der Waals surface area contributed by atoms with Gasteiger partial charge in [0.15, 0.2) is 6.10 Å². The van der Waals surface area contributed by atoms with Crippen LogP contribution in [0.15, 0.2) is 18.2 Å². The molecule has 0 spiro atoms. The standard InChI is InChI=1S/C16H22N2O3/c1-5-11(6-2)15(19)17-12-7-8-14-13(9-12)18(4)16(20)10(3)21-14/h7-11H,5-6H2,1-4H3,(H,17,19). The molecule has 21 heavy (non-hydrogen) atoms. The predicted molar refractivity (Wildman–Crippen MR) is 82.6 cm³/mol. The molecular formula is C16H22N2O3. The average molecular weight is 290 g/mol. The zero-order valence-corrected chi connectivity index (χ0v) is 13.0. The summed E-state index contributed by atoms with van der Waals surface area (Å²) in [7, 11) is 1.71. The van der Waals surface area contributed by atoms with Crippen molar-refractivity contribution in [1.29, 1.82) is 0 Å². The first-order valence-corrected chi connectivity index (χ1v) is 7.37. The zero-order chi connectivity index (χ0) is 15.6. The minimum Gasteiger partial charge on any atom is -0.479 e. The molecule has 0 aliphatic carbocycles. The molecule has 2 amide bonds. The number of nitrogens with zero attached hydrogens (tertiary/aromatic N) is 1. The third-order valence-corrected chi connectivity index (χ3v) is 3.93. The number of benzene rings is 1. The van der Waals surface area contributed by atoms with Gasteiger partial charge in [-0.3, -0.25) is 9.59 Å². The lowest BCUT2D eigenvalue weighted by Gasteiger charge is -2.30. The highest BCUT2D eigenvalue weighted by Gasteiger charge is 2.29. The van der Waals surface area contributed by atoms with Crippen molar-refractivity contribution in [3.8, 4) is 5.75 Å². The van der Waals surface area contributed by atoms with Crippen LogP contribution in [-0.4, -0.2) is 25.0 Å². The van der Waals surface area contributed by atoms with Gasteiger partial charge in [-0.1, -0.05) is 13.8 Å². The van der Waals surface area contributed by atoms with Gasteiger partial charge in [0.1, 0.15) is 5.75 Å². The van der Waals surface area contributed by atoms with Crippen molar-refractivity contribution in [3.63, 3.8) is 0 Å². The number of likely N-dealkylation sites (N-methyl/N-ethyl adjacent to an activating group) is 1. The summed E-state index contributed by atoms with van der Waals surface area (Å²) in [5.41, 5.74) is 1.36. The summed E-state index contributed by atoms with van der Waals surface area (Å²) < 4.78 is 5.56. The first kappa shape index (κ1) is 15.4. The van der Waals surface area contributed by atoms with E-state index in [-0.39, 0.29) is 17.7 Å². The van der Waals surface area contributed by atoms with E-state index in [0.717, 1.165) is 12.8 Å². The van der Waals surface area contributed by atoms with Crippen LogP contribution >= 0.6 is 0 Å². The second kappa shape index (κ2) is 6.16. The molecule has 5 heteroatoms. The van der Waals surface area contributed by atoms with E-state index in [1.54, 1.807) is 37.1 Å². The molecule has 5 nitrogen and oxygen atoms in total. The molecule has 0 radical (unpaired) electrons. The number of hydrogen-bond donors (Lipinski definition) is 1. The Bertz CT molecular complexity index is 552. The van der Waals surface area contributed by atoms with Gasteiger partial charge in [-0.2, -0.15) is 0 Å². The topological polar surface area (TPSA) is 58.6 Å². The van der Waals surface area contributed by atoms with Crippen LogP contribution in [0.3, 0.4) is 0 Å². The van der Waals surface area contributed by atoms with Gasteiger partial charge in [-0.05, 0) is 38.0 Å². The van der Waals surface area contributed by atoms with Crippen LogP contribution in [0, 0.1) is 5.92 Å². The van der Waals surface area contributed by atoms with Crippen molar-refractivity contribution < 1.29 is 14.3 Å². The Balaban J connectivity index is 2.22. The van der Waals surface area contributed by atoms with Crippen molar-refractivity contribution in [1.82, 2.24) is 0 Å². The highest BCUT2D eigenvalue weighted by molar-refractivity contribution is 6.00. The molecule has 0 saturated carbocycles. The van der Waals surface area contributed by atoms with Crippen LogP contribution in [0.1, 0.15) is 33.6 Å². The van der Waals surface area contributed by atoms with Crippen LogP contribution in [0.5, 0.6) is 5.75 Å². The second-order valence-electron chi connectivity index (χ2n) is 5.34. The SMILES string of the molecule is CCC(CC)C(=O)Nc1ccc2c(c1)N(C)C(=O)C(C)O2. The van der Waals surface area contributed by atoms with Gasteiger partial charge in [0, 0.05) is 18.7 Å². The van der Waals surface area contributed by atoms with Gasteiger partial charge < -0.3 is 15.0 Å². The lowest BCUT2D eigenvalue weighted by Crippen LogP contribution is -2.42. The summed E-state index contributed by atoms with van der Waals surface area (Å²) in [4.78, 5) is 25.6. The third kappa shape index (κ3) is 3.01. The molecule has 0 aromatic heterocycles. The number of anilines is 2. The Kier molecular flexibility index (Phi) is 4.50. The third-order valence-electron chi connectivity index (χ3n) is 3.93. The first-order valence-electron chi connectivity index (χ1n) is 7.37. The van der Waals surface area contributed by atoms with Gasteiger partial charge in [0.2, 0.25) is 5.91 Å². The average Bonchev–Trinajstić information content (AvgIpc) is 2.47. The van der Waals surface area contributed by atoms with Gasteiger partial charge in [-0.15, -0.1) is 0 Å². The Labute approximate surface area is 125 Å². The Morgan fingerprint density at radius 2 is 2.05 bits per heavy atom. The largest absolute Gasteiger partial charge is 0.479 e. The maximum Gasteiger partial charge on any atom is 0.267 e. The molecule has 0 fully saturated rings. The minimum absolute atomic E-state index is 0.0108. The molecule has 1 heterocycles. The molecule has 114 valence electrons. The lowest BCUT2D eigenvalue weighted by molar-refractivity contribution is -0.125. The number of hydrogen-bond acceptors (Lipinski definition) is 3. The van der Waals surface area contributed by atoms with Crippen LogP contribution in [0.25, 0.3) is 0 Å². The van der Waals surface area contributed by atoms with Crippen molar-refractivity contribution in [2.24, 2.45) is 5.92 Å². The van der Waals surface area contributed by atoms with E-state index in [9.17, 15) is 9.59 Å². The number of carbonyl (C=O) groups is 2. The molecule has 1 atom stereocenters. The van der Waals surface area contributed by atoms with Gasteiger partial charge in [-0.25, -0.2) is 0 Å². The van der Waals surface area contributed by atoms with Crippen molar-refractivity contribution in [2.45, 2.75) is 39.7 Å². The number of fused-ring (bicyclic) bond motifs is 1. The Morgan fingerprint density at radius 1 is 1.38 bits per heavy atom. The molecule has 2 rings (SSSR count). The van der Waals surface area contributed by atoms with E-state index in [2.05, 4.69) is 5.32 Å². The summed E-state index contributed by atoms with van der Waals surface area (Å²) in [6, 6.07) is 5.37. The summed E-state index contributed by atoms with van der Waals surface area (Å²) in [5, 5.41) is 2.91. The van der Waals surface area contributed by atoms with E-state index < -0.39 is 6.10 Å². The molecule has 1 N–H and O–H groups in total. The fourth-order valence-electron chi connectivity index (χ4n) is 2.49. The van der Waals surface area contributed by atoms with Crippen LogP contribution < -0.4 is 15.0 Å². The Hall–Kier alpha value is -2.04. The number of rotatable bonds is 4. The molecule has 1 aromatic carbocycles. The summed E-state index contributed by atoms with van der Waals surface area (Å²) >= 11 is 0. The molecule has 0 saturated heterocycles. The molecule has 1 aliphatic heterocycles. The zero-order valence-electron chi connectivity index (χ0n) is 13.0. The molecule has 1 aliphatic rings. The van der Waals surface area contributed by atoms with Crippen molar-refractivity contribution in [2.75, 3.05) is 17.3 Å². The highest BCUT2D eigenvalue weighted by atomic mass is 16.5. The smallest absolute Gasteiger partial charge is 0.267 e. The molecular weight excluding hydrogens is 268 g/mol. The van der Waals surface area contributed by atoms with Gasteiger partial charge in [0.05, 0.1) is 5.69 Å². The summed E-state index contributed by atoms with van der Waals surface area (Å²) in [6.45, 7) is 5.73. The molecule has 1 aromatic rings. The molecule has 1 unspecified atom stereocenters. The second-order valence-corrected chi connectivity index (χ2v) is 5.34. The van der Waals surface area contributed by atoms with E-state index in [1.807, 2.05) is 13.8 Å². The van der Waals surface area contributed by atoms with Gasteiger partial charge >= 0.3 is 0 Å². The van der Waals surface area contributed by atoms with Crippen molar-refractivity contribution in [3.05, 3.63) is 18.2 Å². The quantitative estimate of drug-likeness (QED) is 0.927. The number of amides is 2. The maximum atomic E-state index is 12.1. The van der Waals surface area contributed by atoms with E-state index in [1.165, 1.54) is 0 Å². The van der Waals surface area contributed by atoms with Crippen LogP contribution in [0.2, 0.25) is 0 Å². The summed E-state index contributed by atoms with van der Waals surface area (Å²) in [6.07, 6.45) is 1.14. The minimum atomic E-state index is -0.479. The highest BCUT2D eigenvalue weighted by Crippen LogP contribution is 2.35. The normalized spacial score (nSPS) is 17.5. The fourth-order valence-corrected chi connectivity index (χ4v) is 2.49. The fraction of sp³-hybridized carbons (Fsp3) is 0.500. The Morgan fingerprint density at radius 3 is 2.67 bits per heavy atom. The monoisotopic (exact) mass is 290 g/mol. The first-order chi connectivity index (χ1) is 9.97. The summed E-state index contributed by atoms with van der Waals surface area (Å²) in [5.74, 6) is 0.590. The number of ether oxygens (including phenoxy) is 1. The number of nitrogens with one attached hydrogen (secondary N) is 1. The van der Waals surface area contributed by atoms with Crippen molar-refractivity contribution >= 4 is 23.2 Å². The lowest BCUT2D eigenvalue weighted by atomic mass is 10.0. The van der Waals surface area contributed by atoms with E-state index >= 15 is 0 Å². The van der Waals surface area contributed by atoms with Crippen LogP contribution in [0.4, 0.5) is 11.4 Å². The van der Waals surface area contributed by atoms with Crippen LogP contribution in [-0.2, 0) is 9.59 Å². The maximum absolute atomic E-state index is 12.1. The van der Waals surface area contributed by atoms with E-state index in [4.69, 9.17) is 4.74 Å². The van der Waals surface area contributed by atoms with Gasteiger partial charge in [0.25, 0.3) is 5.91 Å².